The minimum Gasteiger partial charge on any atom is -0.476 e. The third-order valence-electron chi connectivity index (χ3n) is 6.26. The predicted molar refractivity (Wildman–Crippen MR) is 158 cm³/mol. The van der Waals surface area contributed by atoms with E-state index < -0.39 is 52.0 Å². The number of hydrogen-bond acceptors (Lipinski definition) is 7. The van der Waals surface area contributed by atoms with Crippen molar-refractivity contribution in [1.82, 2.24) is 9.66 Å². The number of hydrogen-bond donors (Lipinski definition) is 1. The van der Waals surface area contributed by atoms with E-state index in [1.807, 2.05) is 0 Å². The summed E-state index contributed by atoms with van der Waals surface area (Å²) in [6, 6.07) is 17.9. The molecule has 1 heterocycles. The number of nitro benzene ring substituents is 1. The molecule has 4 aromatic carbocycles. The number of nitro groups is 1. The number of ether oxygens (including phenoxy) is 1. The Kier molecular flexibility index (Phi) is 8.59. The molecule has 1 amide bonds. The van der Waals surface area contributed by atoms with Gasteiger partial charge in [0, 0.05) is 17.2 Å². The fourth-order valence-electron chi connectivity index (χ4n) is 4.22. The number of carbonyl (C=O) groups excluding carboxylic acids is 1. The summed E-state index contributed by atoms with van der Waals surface area (Å²) in [6.07, 6.45) is -3.64. The number of fused-ring (bicyclic) bond motifs is 1. The lowest BCUT2D eigenvalue weighted by atomic mass is 10.1. The van der Waals surface area contributed by atoms with Crippen LogP contribution in [0, 0.1) is 15.9 Å². The molecule has 5 rings (SSSR count). The first kappa shape index (κ1) is 30.8. The van der Waals surface area contributed by atoms with Crippen LogP contribution in [-0.2, 0) is 11.0 Å². The minimum absolute atomic E-state index is 0.00455. The van der Waals surface area contributed by atoms with E-state index in [1.165, 1.54) is 42.5 Å². The van der Waals surface area contributed by atoms with Gasteiger partial charge in [-0.05, 0) is 42.5 Å². The van der Waals surface area contributed by atoms with E-state index in [0.29, 0.717) is 0 Å². The number of para-hydroxylation sites is 2. The van der Waals surface area contributed by atoms with Crippen LogP contribution in [0.15, 0.2) is 94.8 Å². The first-order valence-electron chi connectivity index (χ1n) is 12.8. The van der Waals surface area contributed by atoms with Crippen LogP contribution in [0.5, 0.6) is 5.75 Å². The molecule has 10 nitrogen and oxygen atoms in total. The molecule has 0 unspecified atom stereocenters. The van der Waals surface area contributed by atoms with Gasteiger partial charge < -0.3 is 10.1 Å². The smallest absolute Gasteiger partial charge is 0.416 e. The number of amides is 1. The highest BCUT2D eigenvalue weighted by atomic mass is 35.5. The summed E-state index contributed by atoms with van der Waals surface area (Å²) >= 11 is 6.26. The monoisotopic (exact) mass is 639 g/mol. The summed E-state index contributed by atoms with van der Waals surface area (Å²) in [4.78, 5) is 41.0. The van der Waals surface area contributed by atoms with Gasteiger partial charge in [0.2, 0.25) is 5.75 Å². The van der Waals surface area contributed by atoms with Gasteiger partial charge in [-0.15, -0.1) is 0 Å². The number of aromatic nitrogens is 2. The summed E-state index contributed by atoms with van der Waals surface area (Å²) in [6.45, 7) is -0.749. The van der Waals surface area contributed by atoms with Crippen molar-refractivity contribution in [1.29, 1.82) is 0 Å². The summed E-state index contributed by atoms with van der Waals surface area (Å²) in [7, 11) is 0. The summed E-state index contributed by atoms with van der Waals surface area (Å²) in [5, 5.41) is 18.0. The molecule has 0 bridgehead atoms. The Bertz CT molecular complexity index is 2050. The van der Waals surface area contributed by atoms with Crippen LogP contribution < -0.4 is 15.6 Å². The van der Waals surface area contributed by atoms with Gasteiger partial charge in [-0.25, -0.2) is 9.37 Å². The number of nitrogens with zero attached hydrogens (tertiary/aromatic N) is 4. The molecule has 0 fully saturated rings. The molecule has 0 radical (unpaired) electrons. The summed E-state index contributed by atoms with van der Waals surface area (Å²) in [5.74, 6) is -2.20. The maximum atomic E-state index is 13.8. The quantitative estimate of drug-likeness (QED) is 0.0873. The van der Waals surface area contributed by atoms with E-state index in [4.69, 9.17) is 16.3 Å². The second-order valence-electron chi connectivity index (χ2n) is 9.32. The standard InChI is InChI=1S/C30H18ClF4N5O5/c31-21-12-17(13-25(40(43)44)27(21)45-16-26(41)37-24-11-4-2-9-22(24)32)15-36-39-28(18-6-5-7-19(14-18)30(33,34)35)38-23-10-3-1-8-20(23)29(39)42/h1-15H,16H2,(H,37,41). The van der Waals surface area contributed by atoms with E-state index in [1.54, 1.807) is 12.1 Å². The first-order valence-corrected chi connectivity index (χ1v) is 13.2. The van der Waals surface area contributed by atoms with Crippen molar-refractivity contribution in [3.05, 3.63) is 127 Å². The Labute approximate surface area is 255 Å². The van der Waals surface area contributed by atoms with Gasteiger partial charge in [0.25, 0.3) is 11.5 Å². The molecule has 45 heavy (non-hydrogen) atoms. The highest BCUT2D eigenvalue weighted by molar-refractivity contribution is 6.32. The molecule has 1 N–H and O–H groups in total. The molecule has 0 atom stereocenters. The molecular weight excluding hydrogens is 622 g/mol. The predicted octanol–water partition coefficient (Wildman–Crippen LogP) is 6.68. The van der Waals surface area contributed by atoms with Crippen molar-refractivity contribution in [3.8, 4) is 17.1 Å². The maximum Gasteiger partial charge on any atom is 0.416 e. The number of nitrogens with one attached hydrogen (secondary N) is 1. The number of rotatable bonds is 8. The Morgan fingerprint density at radius 3 is 2.53 bits per heavy atom. The molecule has 0 aliphatic rings. The fraction of sp³-hybridized carbons (Fsp3) is 0.0667. The molecule has 15 heteroatoms. The SMILES string of the molecule is O=C(COc1c(Cl)cc(C=Nn2c(-c3cccc(C(F)(F)F)c3)nc3ccccc3c2=O)cc1[N+](=O)[O-])Nc1ccccc1F. The van der Waals surface area contributed by atoms with E-state index in [0.717, 1.165) is 41.2 Å². The number of alkyl halides is 3. The molecule has 0 aliphatic heterocycles. The van der Waals surface area contributed by atoms with Crippen LogP contribution in [-0.4, -0.2) is 33.3 Å². The largest absolute Gasteiger partial charge is 0.476 e. The van der Waals surface area contributed by atoms with Gasteiger partial charge >= 0.3 is 11.9 Å². The Balaban J connectivity index is 1.50. The van der Waals surface area contributed by atoms with E-state index >= 15 is 0 Å². The molecule has 0 saturated heterocycles. The van der Waals surface area contributed by atoms with Gasteiger partial charge in [0.05, 0.1) is 38.3 Å². The Morgan fingerprint density at radius 2 is 1.80 bits per heavy atom. The van der Waals surface area contributed by atoms with Crippen molar-refractivity contribution in [2.24, 2.45) is 5.10 Å². The van der Waals surface area contributed by atoms with Gasteiger partial charge in [-0.1, -0.05) is 48.0 Å². The number of anilines is 1. The van der Waals surface area contributed by atoms with Crippen molar-refractivity contribution in [3.63, 3.8) is 0 Å². The van der Waals surface area contributed by atoms with Crippen molar-refractivity contribution >= 4 is 46.0 Å². The van der Waals surface area contributed by atoms with Gasteiger partial charge in [0.15, 0.2) is 12.4 Å². The highest BCUT2D eigenvalue weighted by Crippen LogP contribution is 2.36. The molecule has 5 aromatic rings. The molecule has 0 aliphatic carbocycles. The fourth-order valence-corrected chi connectivity index (χ4v) is 4.49. The van der Waals surface area contributed by atoms with Gasteiger partial charge in [-0.2, -0.15) is 22.9 Å². The topological polar surface area (TPSA) is 129 Å². The van der Waals surface area contributed by atoms with Crippen molar-refractivity contribution in [2.45, 2.75) is 6.18 Å². The lowest BCUT2D eigenvalue weighted by Crippen LogP contribution is -2.21. The first-order chi connectivity index (χ1) is 21.4. The molecule has 228 valence electrons. The van der Waals surface area contributed by atoms with Crippen LogP contribution >= 0.6 is 11.6 Å². The van der Waals surface area contributed by atoms with Crippen LogP contribution in [0.3, 0.4) is 0 Å². The van der Waals surface area contributed by atoms with Crippen LogP contribution in [0.2, 0.25) is 5.02 Å². The van der Waals surface area contributed by atoms with E-state index in [2.05, 4.69) is 15.4 Å². The maximum absolute atomic E-state index is 13.8. The zero-order valence-corrected chi connectivity index (χ0v) is 23.3. The Hall–Kier alpha value is -5.63. The average Bonchev–Trinajstić information content (AvgIpc) is 3.00. The Morgan fingerprint density at radius 1 is 1.07 bits per heavy atom. The summed E-state index contributed by atoms with van der Waals surface area (Å²) in [5.41, 5.74) is -2.33. The number of carbonyl (C=O) groups is 1. The van der Waals surface area contributed by atoms with Crippen LogP contribution in [0.1, 0.15) is 11.1 Å². The third-order valence-corrected chi connectivity index (χ3v) is 6.54. The molecule has 0 saturated carbocycles. The number of halogens is 5. The molecular formula is C30H18ClF4N5O5. The number of benzene rings is 4. The van der Waals surface area contributed by atoms with Crippen LogP contribution in [0.25, 0.3) is 22.3 Å². The lowest BCUT2D eigenvalue weighted by molar-refractivity contribution is -0.385. The van der Waals surface area contributed by atoms with Crippen molar-refractivity contribution in [2.75, 3.05) is 11.9 Å². The normalized spacial score (nSPS) is 11.6. The van der Waals surface area contributed by atoms with Gasteiger partial charge in [-0.3, -0.25) is 19.7 Å². The van der Waals surface area contributed by atoms with E-state index in [9.17, 15) is 37.3 Å². The third kappa shape index (κ3) is 6.80. The van der Waals surface area contributed by atoms with Crippen molar-refractivity contribution < 1.29 is 32.0 Å². The molecule has 1 aromatic heterocycles. The second kappa shape index (κ2) is 12.5. The minimum atomic E-state index is -4.67. The van der Waals surface area contributed by atoms with E-state index in [-0.39, 0.29) is 38.6 Å². The van der Waals surface area contributed by atoms with Gasteiger partial charge in [0.1, 0.15) is 5.82 Å². The summed E-state index contributed by atoms with van der Waals surface area (Å²) < 4.78 is 60.2. The zero-order valence-electron chi connectivity index (χ0n) is 22.6. The average molecular weight is 640 g/mol. The zero-order chi connectivity index (χ0) is 32.3. The molecule has 0 spiro atoms. The van der Waals surface area contributed by atoms with Crippen LogP contribution in [0.4, 0.5) is 28.9 Å². The second-order valence-corrected chi connectivity index (χ2v) is 9.72. The highest BCUT2D eigenvalue weighted by Gasteiger charge is 2.31. The lowest BCUT2D eigenvalue weighted by Gasteiger charge is -2.12.